The first-order valence-electron chi connectivity index (χ1n) is 9.40. The third-order valence-electron chi connectivity index (χ3n) is 5.01. The second-order valence-electron chi connectivity index (χ2n) is 6.59. The number of amides is 1. The van der Waals surface area contributed by atoms with Gasteiger partial charge in [0.1, 0.15) is 0 Å². The Morgan fingerprint density at radius 2 is 2.07 bits per heavy atom. The lowest BCUT2D eigenvalue weighted by Gasteiger charge is -2.20. The van der Waals surface area contributed by atoms with Gasteiger partial charge in [-0.2, -0.15) is 0 Å². The van der Waals surface area contributed by atoms with Gasteiger partial charge in [-0.15, -0.1) is 5.10 Å². The van der Waals surface area contributed by atoms with E-state index >= 15 is 0 Å². The zero-order chi connectivity index (χ0) is 19.7. The van der Waals surface area contributed by atoms with Gasteiger partial charge in [-0.25, -0.2) is 9.48 Å². The molecule has 6 nitrogen and oxygen atoms in total. The van der Waals surface area contributed by atoms with Crippen LogP contribution in [0.1, 0.15) is 25.1 Å². The van der Waals surface area contributed by atoms with Crippen LogP contribution < -0.4 is 4.74 Å². The van der Waals surface area contributed by atoms with Crippen molar-refractivity contribution in [3.8, 4) is 22.7 Å². The number of hydrogen-bond acceptors (Lipinski definition) is 4. The highest BCUT2D eigenvalue weighted by atomic mass is 35.5. The van der Waals surface area contributed by atoms with Gasteiger partial charge in [-0.3, -0.25) is 4.98 Å². The molecule has 1 aliphatic rings. The minimum atomic E-state index is -0.398. The Morgan fingerprint density at radius 1 is 1.25 bits per heavy atom. The standard InChI is InChI=1S/C21H21ClN4O2/c1-3-25(4-2)21(27)28-20-19-17-9-8-15(22)12-14(17)7-10-18(19)26(24-20)16-6-5-11-23-13-16/h5-6,8-9,11-13H,3-4,7,10H2,1-2H3. The average Bonchev–Trinajstić information content (AvgIpc) is 3.08. The smallest absolute Gasteiger partial charge is 0.389 e. The molecule has 1 aliphatic carbocycles. The van der Waals surface area contributed by atoms with Gasteiger partial charge < -0.3 is 9.64 Å². The summed E-state index contributed by atoms with van der Waals surface area (Å²) in [5, 5.41) is 5.35. The molecule has 4 rings (SSSR count). The first-order chi connectivity index (χ1) is 13.6. The van der Waals surface area contributed by atoms with Crippen molar-refractivity contribution >= 4 is 17.7 Å². The second-order valence-corrected chi connectivity index (χ2v) is 7.03. The van der Waals surface area contributed by atoms with Crippen LogP contribution in [0.25, 0.3) is 16.8 Å². The molecule has 2 heterocycles. The van der Waals surface area contributed by atoms with Crippen molar-refractivity contribution in [2.24, 2.45) is 0 Å². The number of aryl methyl sites for hydroxylation is 1. The van der Waals surface area contributed by atoms with Crippen LogP contribution in [0.4, 0.5) is 4.79 Å². The van der Waals surface area contributed by atoms with Crippen molar-refractivity contribution in [3.05, 3.63) is 59.0 Å². The Kier molecular flexibility index (Phi) is 5.05. The fourth-order valence-corrected chi connectivity index (χ4v) is 3.79. The van der Waals surface area contributed by atoms with Crippen LogP contribution in [0.15, 0.2) is 42.7 Å². The Bertz CT molecular complexity index is 1010. The summed E-state index contributed by atoms with van der Waals surface area (Å²) in [5.41, 5.74) is 4.82. The number of hydrogen-bond donors (Lipinski definition) is 0. The van der Waals surface area contributed by atoms with Crippen LogP contribution in [-0.4, -0.2) is 38.8 Å². The van der Waals surface area contributed by atoms with E-state index in [2.05, 4.69) is 10.1 Å². The molecule has 0 atom stereocenters. The molecule has 0 fully saturated rings. The summed E-state index contributed by atoms with van der Waals surface area (Å²) in [7, 11) is 0. The van der Waals surface area contributed by atoms with Crippen LogP contribution in [0.3, 0.4) is 0 Å². The SMILES string of the molecule is CCN(CC)C(=O)Oc1nn(-c2cccnc2)c2c1-c1ccc(Cl)cc1CC2. The van der Waals surface area contributed by atoms with Crippen LogP contribution in [0.2, 0.25) is 5.02 Å². The second kappa shape index (κ2) is 7.64. The first-order valence-corrected chi connectivity index (χ1v) is 9.78. The molecule has 2 aromatic heterocycles. The maximum atomic E-state index is 12.6. The van der Waals surface area contributed by atoms with E-state index in [1.54, 1.807) is 17.3 Å². The third-order valence-corrected chi connectivity index (χ3v) is 5.25. The van der Waals surface area contributed by atoms with E-state index in [4.69, 9.17) is 16.3 Å². The summed E-state index contributed by atoms with van der Waals surface area (Å²) in [6.45, 7) is 5.00. The van der Waals surface area contributed by atoms with E-state index in [1.807, 2.05) is 48.9 Å². The van der Waals surface area contributed by atoms with Crippen molar-refractivity contribution < 1.29 is 9.53 Å². The maximum absolute atomic E-state index is 12.6. The van der Waals surface area contributed by atoms with Crippen LogP contribution in [-0.2, 0) is 12.8 Å². The molecule has 7 heteroatoms. The van der Waals surface area contributed by atoms with Crippen molar-refractivity contribution in [2.45, 2.75) is 26.7 Å². The fourth-order valence-electron chi connectivity index (χ4n) is 3.59. The van der Waals surface area contributed by atoms with Gasteiger partial charge in [0.25, 0.3) is 5.88 Å². The number of ether oxygens (including phenoxy) is 1. The zero-order valence-electron chi connectivity index (χ0n) is 15.9. The quantitative estimate of drug-likeness (QED) is 0.650. The minimum Gasteiger partial charge on any atom is -0.389 e. The molecular weight excluding hydrogens is 376 g/mol. The molecule has 28 heavy (non-hydrogen) atoms. The van der Waals surface area contributed by atoms with E-state index in [0.717, 1.165) is 40.9 Å². The molecule has 0 unspecified atom stereocenters. The Hall–Kier alpha value is -2.86. The van der Waals surface area contributed by atoms with Gasteiger partial charge in [-0.05, 0) is 62.1 Å². The Balaban J connectivity index is 1.85. The average molecular weight is 397 g/mol. The largest absolute Gasteiger partial charge is 0.416 e. The van der Waals surface area contributed by atoms with Gasteiger partial charge in [0.2, 0.25) is 0 Å². The lowest BCUT2D eigenvalue weighted by Crippen LogP contribution is -2.33. The number of fused-ring (bicyclic) bond motifs is 3. The molecule has 1 aromatic carbocycles. The molecule has 0 saturated carbocycles. The highest BCUT2D eigenvalue weighted by Crippen LogP contribution is 2.41. The molecular formula is C21H21ClN4O2. The predicted molar refractivity (Wildman–Crippen MR) is 108 cm³/mol. The monoisotopic (exact) mass is 396 g/mol. The van der Waals surface area contributed by atoms with E-state index in [1.165, 1.54) is 0 Å². The lowest BCUT2D eigenvalue weighted by atomic mass is 9.89. The number of carbonyl (C=O) groups excluding carboxylic acids is 1. The molecule has 0 aliphatic heterocycles. The third kappa shape index (κ3) is 3.24. The molecule has 0 N–H and O–H groups in total. The Morgan fingerprint density at radius 3 is 2.79 bits per heavy atom. The highest BCUT2D eigenvalue weighted by molar-refractivity contribution is 6.30. The highest BCUT2D eigenvalue weighted by Gasteiger charge is 2.29. The van der Waals surface area contributed by atoms with Gasteiger partial charge in [0.05, 0.1) is 23.1 Å². The number of nitrogens with zero attached hydrogens (tertiary/aromatic N) is 4. The number of carbonyl (C=O) groups is 1. The predicted octanol–water partition coefficient (Wildman–Crippen LogP) is 4.53. The minimum absolute atomic E-state index is 0.319. The fraction of sp³-hybridized carbons (Fsp3) is 0.286. The van der Waals surface area contributed by atoms with Crippen molar-refractivity contribution in [1.82, 2.24) is 19.7 Å². The van der Waals surface area contributed by atoms with Gasteiger partial charge in [-0.1, -0.05) is 17.7 Å². The van der Waals surface area contributed by atoms with Crippen LogP contribution in [0.5, 0.6) is 5.88 Å². The van der Waals surface area contributed by atoms with Gasteiger partial charge in [0.15, 0.2) is 0 Å². The van der Waals surface area contributed by atoms with E-state index in [9.17, 15) is 4.79 Å². The number of benzene rings is 1. The topological polar surface area (TPSA) is 60.3 Å². The molecule has 0 saturated heterocycles. The van der Waals surface area contributed by atoms with Crippen molar-refractivity contribution in [3.63, 3.8) is 0 Å². The zero-order valence-corrected chi connectivity index (χ0v) is 16.6. The Labute approximate surface area is 168 Å². The summed E-state index contributed by atoms with van der Waals surface area (Å²) in [6, 6.07) is 9.60. The van der Waals surface area contributed by atoms with Crippen molar-refractivity contribution in [2.75, 3.05) is 13.1 Å². The van der Waals surface area contributed by atoms with Gasteiger partial charge in [0, 0.05) is 24.3 Å². The van der Waals surface area contributed by atoms with E-state index in [0.29, 0.717) is 24.0 Å². The summed E-state index contributed by atoms with van der Waals surface area (Å²) in [5.74, 6) is 0.319. The first kappa shape index (κ1) is 18.5. The normalized spacial score (nSPS) is 12.2. The van der Waals surface area contributed by atoms with Crippen molar-refractivity contribution in [1.29, 1.82) is 0 Å². The maximum Gasteiger partial charge on any atom is 0.416 e. The summed E-state index contributed by atoms with van der Waals surface area (Å²) >= 11 is 6.19. The summed E-state index contributed by atoms with van der Waals surface area (Å²) in [6.07, 6.45) is 4.69. The molecule has 0 spiro atoms. The number of pyridine rings is 1. The van der Waals surface area contributed by atoms with Crippen LogP contribution >= 0.6 is 11.6 Å². The van der Waals surface area contributed by atoms with Crippen LogP contribution in [0, 0.1) is 0 Å². The molecule has 0 bridgehead atoms. The van der Waals surface area contributed by atoms with E-state index in [-0.39, 0.29) is 0 Å². The van der Waals surface area contributed by atoms with Gasteiger partial charge >= 0.3 is 6.09 Å². The number of halogens is 1. The summed E-state index contributed by atoms with van der Waals surface area (Å²) in [4.78, 5) is 18.4. The molecule has 144 valence electrons. The molecule has 0 radical (unpaired) electrons. The van der Waals surface area contributed by atoms with E-state index < -0.39 is 6.09 Å². The number of aromatic nitrogens is 3. The lowest BCUT2D eigenvalue weighted by molar-refractivity contribution is 0.155. The molecule has 1 amide bonds. The number of rotatable bonds is 4. The summed E-state index contributed by atoms with van der Waals surface area (Å²) < 4.78 is 7.57. The molecule has 3 aromatic rings.